The molecule has 2 heterocycles. The maximum atomic E-state index is 5.98. The number of hydrogen-bond donors (Lipinski definition) is 1. The van der Waals surface area contributed by atoms with Gasteiger partial charge in [0, 0.05) is 19.1 Å². The molecule has 18 heavy (non-hydrogen) atoms. The second kappa shape index (κ2) is 5.39. The molecular weight excluding hydrogens is 224 g/mol. The lowest BCUT2D eigenvalue weighted by atomic mass is 9.97. The van der Waals surface area contributed by atoms with E-state index >= 15 is 0 Å². The minimum absolute atomic E-state index is 0.238. The van der Waals surface area contributed by atoms with Gasteiger partial charge in [0.1, 0.15) is 0 Å². The smallest absolute Gasteiger partial charge is 0.0954 e. The molecule has 2 N–H and O–H groups in total. The fourth-order valence-electron chi connectivity index (χ4n) is 3.24. The molecule has 0 aliphatic carbocycles. The van der Waals surface area contributed by atoms with Gasteiger partial charge < -0.3 is 10.5 Å². The van der Waals surface area contributed by atoms with E-state index in [-0.39, 0.29) is 6.10 Å². The van der Waals surface area contributed by atoms with Gasteiger partial charge in [-0.3, -0.25) is 4.90 Å². The van der Waals surface area contributed by atoms with Crippen LogP contribution in [-0.4, -0.2) is 37.2 Å². The summed E-state index contributed by atoms with van der Waals surface area (Å²) in [4.78, 5) is 2.51. The summed E-state index contributed by atoms with van der Waals surface area (Å²) in [6.45, 7) is 3.79. The molecule has 0 aromatic heterocycles. The van der Waals surface area contributed by atoms with Crippen LogP contribution in [0.15, 0.2) is 24.3 Å². The number of nitrogens with zero attached hydrogens (tertiary/aromatic N) is 1. The van der Waals surface area contributed by atoms with Gasteiger partial charge in [-0.1, -0.05) is 24.3 Å². The van der Waals surface area contributed by atoms with Gasteiger partial charge in [-0.15, -0.1) is 0 Å². The summed E-state index contributed by atoms with van der Waals surface area (Å²) < 4.78 is 5.98. The first-order valence-corrected chi connectivity index (χ1v) is 7.02. The Bertz CT molecular complexity index is 407. The molecule has 0 saturated carbocycles. The Morgan fingerprint density at radius 2 is 2.22 bits per heavy atom. The Balaban J connectivity index is 1.74. The molecule has 0 spiro atoms. The standard InChI is InChI=1S/C15H22N2O/c16-10-13-5-3-8-17(13)11-15-14-6-2-1-4-12(14)7-9-18-15/h1-2,4,6,13,15H,3,5,7-11,16H2. The summed E-state index contributed by atoms with van der Waals surface area (Å²) in [5, 5.41) is 0. The van der Waals surface area contributed by atoms with E-state index in [0.29, 0.717) is 6.04 Å². The highest BCUT2D eigenvalue weighted by atomic mass is 16.5. The summed E-state index contributed by atoms with van der Waals surface area (Å²) >= 11 is 0. The third kappa shape index (κ3) is 2.30. The minimum atomic E-state index is 0.238. The first-order valence-electron chi connectivity index (χ1n) is 7.02. The van der Waals surface area contributed by atoms with Crippen molar-refractivity contribution in [2.45, 2.75) is 31.4 Å². The monoisotopic (exact) mass is 246 g/mol. The highest BCUT2D eigenvalue weighted by Crippen LogP contribution is 2.29. The van der Waals surface area contributed by atoms with E-state index in [9.17, 15) is 0 Å². The summed E-state index contributed by atoms with van der Waals surface area (Å²) in [5.74, 6) is 0. The van der Waals surface area contributed by atoms with Crippen LogP contribution in [0.2, 0.25) is 0 Å². The maximum absolute atomic E-state index is 5.98. The van der Waals surface area contributed by atoms with E-state index < -0.39 is 0 Å². The van der Waals surface area contributed by atoms with Crippen LogP contribution in [-0.2, 0) is 11.2 Å². The van der Waals surface area contributed by atoms with E-state index in [1.54, 1.807) is 0 Å². The second-order valence-corrected chi connectivity index (χ2v) is 5.33. The summed E-state index contributed by atoms with van der Waals surface area (Å²) in [5.41, 5.74) is 8.68. The largest absolute Gasteiger partial charge is 0.372 e. The molecular formula is C15H22N2O. The molecule has 1 fully saturated rings. The summed E-state index contributed by atoms with van der Waals surface area (Å²) in [6.07, 6.45) is 3.80. The van der Waals surface area contributed by atoms with Crippen LogP contribution in [0.4, 0.5) is 0 Å². The van der Waals surface area contributed by atoms with Gasteiger partial charge in [0.2, 0.25) is 0 Å². The number of benzene rings is 1. The van der Waals surface area contributed by atoms with Crippen molar-refractivity contribution in [3.8, 4) is 0 Å². The van der Waals surface area contributed by atoms with Crippen LogP contribution in [0.25, 0.3) is 0 Å². The van der Waals surface area contributed by atoms with Crippen LogP contribution >= 0.6 is 0 Å². The molecule has 98 valence electrons. The third-order valence-electron chi connectivity index (χ3n) is 4.26. The lowest BCUT2D eigenvalue weighted by Gasteiger charge is -2.32. The van der Waals surface area contributed by atoms with E-state index in [1.165, 1.54) is 30.5 Å². The topological polar surface area (TPSA) is 38.5 Å². The highest BCUT2D eigenvalue weighted by Gasteiger charge is 2.28. The normalized spacial score (nSPS) is 28.3. The fraction of sp³-hybridized carbons (Fsp3) is 0.600. The Morgan fingerprint density at radius 1 is 1.33 bits per heavy atom. The maximum Gasteiger partial charge on any atom is 0.0954 e. The van der Waals surface area contributed by atoms with Crippen molar-refractivity contribution >= 4 is 0 Å². The molecule has 3 nitrogen and oxygen atoms in total. The molecule has 2 unspecified atom stereocenters. The summed E-state index contributed by atoms with van der Waals surface area (Å²) in [6, 6.07) is 9.25. The predicted octanol–water partition coefficient (Wildman–Crippen LogP) is 1.72. The van der Waals surface area contributed by atoms with Gasteiger partial charge in [0.05, 0.1) is 12.7 Å². The van der Waals surface area contributed by atoms with Gasteiger partial charge in [-0.2, -0.15) is 0 Å². The average molecular weight is 246 g/mol. The van der Waals surface area contributed by atoms with Crippen LogP contribution in [0, 0.1) is 0 Å². The number of fused-ring (bicyclic) bond motifs is 1. The molecule has 0 amide bonds. The van der Waals surface area contributed by atoms with Gasteiger partial charge in [0.25, 0.3) is 0 Å². The SMILES string of the molecule is NCC1CCCN1CC1OCCc2ccccc21. The molecule has 3 heteroatoms. The van der Waals surface area contributed by atoms with E-state index in [1.807, 2.05) is 0 Å². The number of ether oxygens (including phenoxy) is 1. The third-order valence-corrected chi connectivity index (χ3v) is 4.26. The lowest BCUT2D eigenvalue weighted by molar-refractivity contribution is 0.0138. The highest BCUT2D eigenvalue weighted by molar-refractivity contribution is 5.31. The Kier molecular flexibility index (Phi) is 3.64. The van der Waals surface area contributed by atoms with Crippen molar-refractivity contribution in [2.24, 2.45) is 5.73 Å². The molecule has 0 radical (unpaired) electrons. The van der Waals surface area contributed by atoms with Gasteiger partial charge in [-0.05, 0) is 36.9 Å². The first kappa shape index (κ1) is 12.2. The van der Waals surface area contributed by atoms with Crippen LogP contribution in [0.3, 0.4) is 0 Å². The van der Waals surface area contributed by atoms with Crippen molar-refractivity contribution in [3.63, 3.8) is 0 Å². The average Bonchev–Trinajstić information content (AvgIpc) is 2.86. The summed E-state index contributed by atoms with van der Waals surface area (Å²) in [7, 11) is 0. The van der Waals surface area contributed by atoms with E-state index in [2.05, 4.69) is 29.2 Å². The number of nitrogens with two attached hydrogens (primary N) is 1. The minimum Gasteiger partial charge on any atom is -0.372 e. The zero-order valence-electron chi connectivity index (χ0n) is 10.8. The molecule has 2 atom stereocenters. The zero-order valence-corrected chi connectivity index (χ0v) is 10.8. The molecule has 1 saturated heterocycles. The Morgan fingerprint density at radius 3 is 3.11 bits per heavy atom. The van der Waals surface area contributed by atoms with E-state index in [0.717, 1.165) is 26.1 Å². The molecule has 1 aromatic carbocycles. The van der Waals surface area contributed by atoms with Crippen molar-refractivity contribution in [1.82, 2.24) is 4.90 Å². The fourth-order valence-corrected chi connectivity index (χ4v) is 3.24. The van der Waals surface area contributed by atoms with Crippen molar-refractivity contribution in [3.05, 3.63) is 35.4 Å². The van der Waals surface area contributed by atoms with Gasteiger partial charge in [-0.25, -0.2) is 0 Å². The van der Waals surface area contributed by atoms with Gasteiger partial charge in [0.15, 0.2) is 0 Å². The number of rotatable bonds is 3. The quantitative estimate of drug-likeness (QED) is 0.882. The first-order chi connectivity index (χ1) is 8.88. The molecule has 2 aliphatic heterocycles. The van der Waals surface area contributed by atoms with Gasteiger partial charge >= 0.3 is 0 Å². The second-order valence-electron chi connectivity index (χ2n) is 5.33. The predicted molar refractivity (Wildman–Crippen MR) is 72.5 cm³/mol. The van der Waals surface area contributed by atoms with Crippen molar-refractivity contribution in [1.29, 1.82) is 0 Å². The van der Waals surface area contributed by atoms with Crippen LogP contribution in [0.5, 0.6) is 0 Å². The van der Waals surface area contributed by atoms with Crippen molar-refractivity contribution in [2.75, 3.05) is 26.2 Å². The molecule has 3 rings (SSSR count). The zero-order chi connectivity index (χ0) is 12.4. The molecule has 1 aromatic rings. The lowest BCUT2D eigenvalue weighted by Crippen LogP contribution is -2.39. The Hall–Kier alpha value is -0.900. The van der Waals surface area contributed by atoms with E-state index in [4.69, 9.17) is 10.5 Å². The number of hydrogen-bond acceptors (Lipinski definition) is 3. The van der Waals surface area contributed by atoms with Crippen LogP contribution in [0.1, 0.15) is 30.1 Å². The Labute approximate surface area is 109 Å². The number of likely N-dealkylation sites (tertiary alicyclic amines) is 1. The van der Waals surface area contributed by atoms with Crippen molar-refractivity contribution < 1.29 is 4.74 Å². The van der Waals surface area contributed by atoms with Crippen LogP contribution < -0.4 is 5.73 Å². The molecule has 0 bridgehead atoms. The molecule has 2 aliphatic rings.